The summed E-state index contributed by atoms with van der Waals surface area (Å²) in [6, 6.07) is 5.90. The maximum absolute atomic E-state index is 6.03. The van der Waals surface area contributed by atoms with Crippen LogP contribution in [0.1, 0.15) is 39.1 Å². The molecule has 0 amide bonds. The fourth-order valence-corrected chi connectivity index (χ4v) is 2.22. The molecule has 0 fully saturated rings. The Balaban J connectivity index is 2.47. The molecule has 4 nitrogen and oxygen atoms in total. The highest BCUT2D eigenvalue weighted by Gasteiger charge is 2.14. The first-order valence-electron chi connectivity index (χ1n) is 7.06. The van der Waals surface area contributed by atoms with Crippen molar-refractivity contribution in [1.29, 1.82) is 0 Å². The Labute approximate surface area is 120 Å². The molecule has 108 valence electrons. The van der Waals surface area contributed by atoms with E-state index in [1.54, 1.807) is 0 Å². The van der Waals surface area contributed by atoms with E-state index in [0.717, 1.165) is 47.8 Å². The summed E-state index contributed by atoms with van der Waals surface area (Å²) in [6.45, 7) is 11.5. The number of imidazole rings is 1. The summed E-state index contributed by atoms with van der Waals surface area (Å²) in [5.74, 6) is 1.74. The van der Waals surface area contributed by atoms with Crippen LogP contribution in [0.3, 0.4) is 0 Å². The SMILES string of the molecule is C=C(C)Cn1c(C(C)N)nc2cc(OCCC)ccc21. The van der Waals surface area contributed by atoms with Gasteiger partial charge >= 0.3 is 0 Å². The first-order chi connectivity index (χ1) is 9.52. The van der Waals surface area contributed by atoms with Crippen molar-refractivity contribution in [3.05, 3.63) is 36.2 Å². The van der Waals surface area contributed by atoms with Crippen molar-refractivity contribution in [2.75, 3.05) is 6.61 Å². The topological polar surface area (TPSA) is 53.1 Å². The van der Waals surface area contributed by atoms with Crippen LogP contribution in [0.2, 0.25) is 0 Å². The third kappa shape index (κ3) is 3.02. The molecule has 0 saturated carbocycles. The van der Waals surface area contributed by atoms with Gasteiger partial charge in [-0.1, -0.05) is 19.1 Å². The molecule has 0 bridgehead atoms. The number of hydrogen-bond acceptors (Lipinski definition) is 3. The maximum atomic E-state index is 6.03. The van der Waals surface area contributed by atoms with E-state index >= 15 is 0 Å². The summed E-state index contributed by atoms with van der Waals surface area (Å²) in [6.07, 6.45) is 0.993. The van der Waals surface area contributed by atoms with Crippen LogP contribution in [0, 0.1) is 0 Å². The second kappa shape index (κ2) is 6.09. The van der Waals surface area contributed by atoms with Crippen LogP contribution in [-0.4, -0.2) is 16.2 Å². The molecule has 1 aromatic heterocycles. The van der Waals surface area contributed by atoms with Gasteiger partial charge in [0.25, 0.3) is 0 Å². The first-order valence-corrected chi connectivity index (χ1v) is 7.06. The van der Waals surface area contributed by atoms with E-state index in [1.807, 2.05) is 32.0 Å². The predicted molar refractivity (Wildman–Crippen MR) is 82.9 cm³/mol. The molecule has 4 heteroatoms. The van der Waals surface area contributed by atoms with E-state index < -0.39 is 0 Å². The van der Waals surface area contributed by atoms with E-state index in [-0.39, 0.29) is 6.04 Å². The minimum Gasteiger partial charge on any atom is -0.494 e. The number of nitrogens with two attached hydrogens (primary N) is 1. The van der Waals surface area contributed by atoms with E-state index in [2.05, 4.69) is 23.1 Å². The van der Waals surface area contributed by atoms with Gasteiger partial charge < -0.3 is 15.0 Å². The van der Waals surface area contributed by atoms with E-state index in [0.29, 0.717) is 0 Å². The first kappa shape index (κ1) is 14.6. The van der Waals surface area contributed by atoms with Gasteiger partial charge in [0.2, 0.25) is 0 Å². The smallest absolute Gasteiger partial charge is 0.126 e. The number of nitrogens with zero attached hydrogens (tertiary/aromatic N) is 2. The third-order valence-corrected chi connectivity index (χ3v) is 3.06. The summed E-state index contributed by atoms with van der Waals surface area (Å²) in [5.41, 5.74) is 9.11. The van der Waals surface area contributed by atoms with E-state index in [1.165, 1.54) is 0 Å². The molecule has 0 aliphatic heterocycles. The normalized spacial score (nSPS) is 12.6. The quantitative estimate of drug-likeness (QED) is 0.820. The van der Waals surface area contributed by atoms with Gasteiger partial charge in [-0.05, 0) is 32.4 Å². The highest BCUT2D eigenvalue weighted by molar-refractivity contribution is 5.78. The lowest BCUT2D eigenvalue weighted by molar-refractivity contribution is 0.318. The molecule has 0 spiro atoms. The molecule has 0 saturated heterocycles. The average Bonchev–Trinajstić information content (AvgIpc) is 2.74. The van der Waals surface area contributed by atoms with Crippen LogP contribution in [0.25, 0.3) is 11.0 Å². The van der Waals surface area contributed by atoms with Crippen molar-refractivity contribution in [2.45, 2.75) is 39.8 Å². The average molecular weight is 273 g/mol. The molecule has 2 rings (SSSR count). The summed E-state index contributed by atoms with van der Waals surface area (Å²) >= 11 is 0. The molecular weight excluding hydrogens is 250 g/mol. The van der Waals surface area contributed by atoms with Gasteiger partial charge in [-0.25, -0.2) is 4.98 Å². The largest absolute Gasteiger partial charge is 0.494 e. The Bertz CT molecular complexity index is 613. The Morgan fingerprint density at radius 2 is 2.25 bits per heavy atom. The number of aromatic nitrogens is 2. The Morgan fingerprint density at radius 3 is 2.85 bits per heavy atom. The van der Waals surface area contributed by atoms with E-state index in [9.17, 15) is 0 Å². The molecule has 1 atom stereocenters. The van der Waals surface area contributed by atoms with Crippen molar-refractivity contribution in [3.63, 3.8) is 0 Å². The van der Waals surface area contributed by atoms with Gasteiger partial charge in [-0.3, -0.25) is 0 Å². The number of rotatable bonds is 6. The lowest BCUT2D eigenvalue weighted by Gasteiger charge is -2.11. The van der Waals surface area contributed by atoms with Crippen molar-refractivity contribution >= 4 is 11.0 Å². The Hall–Kier alpha value is -1.81. The second-order valence-electron chi connectivity index (χ2n) is 5.30. The van der Waals surface area contributed by atoms with Gasteiger partial charge in [-0.15, -0.1) is 0 Å². The number of ether oxygens (including phenoxy) is 1. The predicted octanol–water partition coefficient (Wildman–Crippen LogP) is 3.42. The van der Waals surface area contributed by atoms with E-state index in [4.69, 9.17) is 10.5 Å². The number of allylic oxidation sites excluding steroid dienone is 1. The maximum Gasteiger partial charge on any atom is 0.126 e. The third-order valence-electron chi connectivity index (χ3n) is 3.06. The van der Waals surface area contributed by atoms with Crippen molar-refractivity contribution in [3.8, 4) is 5.75 Å². The molecule has 0 radical (unpaired) electrons. The minimum atomic E-state index is -0.109. The molecule has 20 heavy (non-hydrogen) atoms. The zero-order valence-corrected chi connectivity index (χ0v) is 12.5. The highest BCUT2D eigenvalue weighted by Crippen LogP contribution is 2.25. The van der Waals surface area contributed by atoms with Crippen LogP contribution < -0.4 is 10.5 Å². The van der Waals surface area contributed by atoms with Crippen LogP contribution in [0.4, 0.5) is 0 Å². The number of fused-ring (bicyclic) bond motifs is 1. The monoisotopic (exact) mass is 273 g/mol. The molecule has 1 heterocycles. The van der Waals surface area contributed by atoms with Crippen molar-refractivity contribution in [1.82, 2.24) is 9.55 Å². The van der Waals surface area contributed by atoms with Gasteiger partial charge in [0.05, 0.1) is 23.7 Å². The van der Waals surface area contributed by atoms with Gasteiger partial charge in [-0.2, -0.15) is 0 Å². The minimum absolute atomic E-state index is 0.109. The molecule has 1 aromatic carbocycles. The van der Waals surface area contributed by atoms with Gasteiger partial charge in [0.1, 0.15) is 11.6 Å². The fourth-order valence-electron chi connectivity index (χ4n) is 2.22. The summed E-state index contributed by atoms with van der Waals surface area (Å²) in [7, 11) is 0. The van der Waals surface area contributed by atoms with Crippen LogP contribution in [-0.2, 0) is 6.54 Å². The molecule has 1 unspecified atom stereocenters. The molecule has 2 N–H and O–H groups in total. The second-order valence-corrected chi connectivity index (χ2v) is 5.30. The van der Waals surface area contributed by atoms with Crippen LogP contribution in [0.5, 0.6) is 5.75 Å². The molecular formula is C16H23N3O. The number of hydrogen-bond donors (Lipinski definition) is 1. The molecule has 0 aliphatic carbocycles. The number of benzene rings is 1. The summed E-state index contributed by atoms with van der Waals surface area (Å²) in [4.78, 5) is 4.65. The molecule has 0 aliphatic rings. The Kier molecular flexibility index (Phi) is 4.45. The van der Waals surface area contributed by atoms with Gasteiger partial charge in [0.15, 0.2) is 0 Å². The highest BCUT2D eigenvalue weighted by atomic mass is 16.5. The lowest BCUT2D eigenvalue weighted by atomic mass is 10.2. The summed E-state index contributed by atoms with van der Waals surface area (Å²) in [5, 5.41) is 0. The van der Waals surface area contributed by atoms with Crippen LogP contribution >= 0.6 is 0 Å². The van der Waals surface area contributed by atoms with Crippen LogP contribution in [0.15, 0.2) is 30.4 Å². The standard InChI is InChI=1S/C16H23N3O/c1-5-8-20-13-6-7-15-14(9-13)18-16(12(4)17)19(15)10-11(2)3/h6-7,9,12H,2,5,8,10,17H2,1,3-4H3. The van der Waals surface area contributed by atoms with Crippen molar-refractivity contribution < 1.29 is 4.74 Å². The fraction of sp³-hybridized carbons (Fsp3) is 0.438. The van der Waals surface area contributed by atoms with Crippen molar-refractivity contribution in [2.24, 2.45) is 5.73 Å². The summed E-state index contributed by atoms with van der Waals surface area (Å²) < 4.78 is 7.79. The molecule has 2 aromatic rings. The zero-order chi connectivity index (χ0) is 14.7. The Morgan fingerprint density at radius 1 is 1.50 bits per heavy atom. The van der Waals surface area contributed by atoms with Gasteiger partial charge in [0, 0.05) is 12.6 Å². The zero-order valence-electron chi connectivity index (χ0n) is 12.5. The lowest BCUT2D eigenvalue weighted by Crippen LogP contribution is -2.14.